The molecule has 2 aromatic carbocycles. The van der Waals surface area contributed by atoms with Gasteiger partial charge < -0.3 is 9.64 Å². The van der Waals surface area contributed by atoms with E-state index in [0.717, 1.165) is 16.9 Å². The predicted molar refractivity (Wildman–Crippen MR) is 103 cm³/mol. The third-order valence-electron chi connectivity index (χ3n) is 5.02. The van der Waals surface area contributed by atoms with E-state index in [1.807, 2.05) is 26.0 Å². The molecule has 1 aliphatic rings. The molecule has 3 rings (SSSR count). The van der Waals surface area contributed by atoms with Crippen LogP contribution in [-0.4, -0.2) is 34.9 Å². The van der Waals surface area contributed by atoms with Gasteiger partial charge in [-0.2, -0.15) is 0 Å². The van der Waals surface area contributed by atoms with Gasteiger partial charge in [0.05, 0.1) is 4.92 Å². The first-order valence-corrected chi connectivity index (χ1v) is 9.14. The minimum Gasteiger partial charge on any atom is -0.490 e. The number of nitrogens with zero attached hydrogens (tertiary/aromatic N) is 2. The van der Waals surface area contributed by atoms with Gasteiger partial charge in [-0.1, -0.05) is 24.3 Å². The van der Waals surface area contributed by atoms with Crippen molar-refractivity contribution in [3.63, 3.8) is 0 Å². The van der Waals surface area contributed by atoms with Gasteiger partial charge in [-0.25, -0.2) is 0 Å². The number of amides is 1. The van der Waals surface area contributed by atoms with Gasteiger partial charge in [0.1, 0.15) is 17.4 Å². The number of piperidine rings is 1. The first kappa shape index (κ1) is 18.9. The van der Waals surface area contributed by atoms with Gasteiger partial charge in [-0.15, -0.1) is 0 Å². The maximum Gasteiger partial charge on any atom is 0.285 e. The van der Waals surface area contributed by atoms with Crippen LogP contribution >= 0.6 is 0 Å². The van der Waals surface area contributed by atoms with Crippen molar-refractivity contribution in [3.8, 4) is 5.75 Å². The monoisotopic (exact) mass is 368 g/mol. The first-order chi connectivity index (χ1) is 12.9. The number of hydrogen-bond donors (Lipinski definition) is 0. The van der Waals surface area contributed by atoms with Crippen molar-refractivity contribution in [2.75, 3.05) is 13.1 Å². The van der Waals surface area contributed by atoms with Crippen LogP contribution < -0.4 is 4.74 Å². The molecule has 2 aromatic rings. The molecule has 0 saturated carbocycles. The van der Waals surface area contributed by atoms with E-state index in [-0.39, 0.29) is 23.3 Å². The van der Waals surface area contributed by atoms with E-state index in [1.165, 1.54) is 6.07 Å². The number of para-hydroxylation sites is 1. The lowest BCUT2D eigenvalue weighted by Gasteiger charge is -2.32. The van der Waals surface area contributed by atoms with Crippen molar-refractivity contribution in [2.45, 2.75) is 39.7 Å². The van der Waals surface area contributed by atoms with Crippen molar-refractivity contribution in [2.24, 2.45) is 0 Å². The zero-order valence-electron chi connectivity index (χ0n) is 15.9. The summed E-state index contributed by atoms with van der Waals surface area (Å²) in [4.78, 5) is 25.4. The van der Waals surface area contributed by atoms with Crippen LogP contribution in [0, 0.1) is 30.9 Å². The molecule has 0 N–H and O–H groups in total. The number of hydrogen-bond acceptors (Lipinski definition) is 4. The van der Waals surface area contributed by atoms with Crippen LogP contribution in [0.1, 0.15) is 39.9 Å². The largest absolute Gasteiger partial charge is 0.490 e. The fourth-order valence-corrected chi connectivity index (χ4v) is 3.43. The summed E-state index contributed by atoms with van der Waals surface area (Å²) in [7, 11) is 0. The Morgan fingerprint density at radius 1 is 1.11 bits per heavy atom. The lowest BCUT2D eigenvalue weighted by Crippen LogP contribution is -2.42. The third-order valence-corrected chi connectivity index (χ3v) is 5.02. The van der Waals surface area contributed by atoms with Crippen molar-refractivity contribution < 1.29 is 14.5 Å². The molecular formula is C21H24N2O4. The molecule has 0 spiro atoms. The SMILES string of the molecule is Cc1ccc(C)c(OC2CCN(C(=O)c3cccc(C)c3[N+](=O)[O-])CC2)c1. The minimum absolute atomic E-state index is 0.0436. The lowest BCUT2D eigenvalue weighted by molar-refractivity contribution is -0.385. The summed E-state index contributed by atoms with van der Waals surface area (Å²) in [5.74, 6) is 0.602. The van der Waals surface area contributed by atoms with Crippen LogP contribution in [0.15, 0.2) is 36.4 Å². The van der Waals surface area contributed by atoms with Crippen LogP contribution in [0.2, 0.25) is 0 Å². The minimum atomic E-state index is -0.473. The second-order valence-electron chi connectivity index (χ2n) is 7.11. The summed E-state index contributed by atoms with van der Waals surface area (Å²) in [6.45, 7) is 6.75. The Bertz CT molecular complexity index is 870. The van der Waals surface area contributed by atoms with Crippen molar-refractivity contribution in [3.05, 3.63) is 68.8 Å². The number of rotatable bonds is 4. The molecule has 0 aliphatic carbocycles. The van der Waals surface area contributed by atoms with Gasteiger partial charge in [0.25, 0.3) is 11.6 Å². The smallest absolute Gasteiger partial charge is 0.285 e. The van der Waals surface area contributed by atoms with E-state index in [9.17, 15) is 14.9 Å². The molecular weight excluding hydrogens is 344 g/mol. The number of benzene rings is 2. The number of nitro benzene ring substituents is 1. The van der Waals surface area contributed by atoms with Gasteiger partial charge in [0, 0.05) is 31.5 Å². The number of nitro groups is 1. The fourth-order valence-electron chi connectivity index (χ4n) is 3.43. The summed E-state index contributed by atoms with van der Waals surface area (Å²) in [5.41, 5.74) is 2.80. The number of aryl methyl sites for hydroxylation is 3. The van der Waals surface area contributed by atoms with E-state index in [1.54, 1.807) is 24.0 Å². The van der Waals surface area contributed by atoms with E-state index >= 15 is 0 Å². The highest BCUT2D eigenvalue weighted by Gasteiger charge is 2.29. The number of carbonyl (C=O) groups excluding carboxylic acids is 1. The van der Waals surface area contributed by atoms with Gasteiger partial charge in [0.15, 0.2) is 0 Å². The zero-order valence-corrected chi connectivity index (χ0v) is 15.9. The second kappa shape index (κ2) is 7.78. The van der Waals surface area contributed by atoms with Crippen LogP contribution in [0.3, 0.4) is 0 Å². The Hall–Kier alpha value is -2.89. The second-order valence-corrected chi connectivity index (χ2v) is 7.11. The summed E-state index contributed by atoms with van der Waals surface area (Å²) in [6.07, 6.45) is 1.46. The van der Waals surface area contributed by atoms with Gasteiger partial charge in [-0.3, -0.25) is 14.9 Å². The molecule has 0 unspecified atom stereocenters. The highest BCUT2D eigenvalue weighted by Crippen LogP contribution is 2.27. The Morgan fingerprint density at radius 3 is 2.48 bits per heavy atom. The van der Waals surface area contributed by atoms with E-state index in [4.69, 9.17) is 4.74 Å². The van der Waals surface area contributed by atoms with E-state index < -0.39 is 4.92 Å². The van der Waals surface area contributed by atoms with Crippen molar-refractivity contribution in [1.82, 2.24) is 4.90 Å². The zero-order chi connectivity index (χ0) is 19.6. The summed E-state index contributed by atoms with van der Waals surface area (Å²) < 4.78 is 6.14. The molecule has 0 bridgehead atoms. The normalized spacial score (nSPS) is 14.9. The first-order valence-electron chi connectivity index (χ1n) is 9.14. The maximum absolute atomic E-state index is 12.8. The Balaban J connectivity index is 1.67. The van der Waals surface area contributed by atoms with Crippen LogP contribution in [0.25, 0.3) is 0 Å². The third kappa shape index (κ3) is 4.10. The number of likely N-dealkylation sites (tertiary alicyclic amines) is 1. The molecule has 1 heterocycles. The number of carbonyl (C=O) groups is 1. The van der Waals surface area contributed by atoms with Crippen molar-refractivity contribution in [1.29, 1.82) is 0 Å². The quantitative estimate of drug-likeness (QED) is 0.599. The lowest BCUT2D eigenvalue weighted by atomic mass is 10.0. The van der Waals surface area contributed by atoms with Crippen LogP contribution in [0.4, 0.5) is 5.69 Å². The highest BCUT2D eigenvalue weighted by atomic mass is 16.6. The fraction of sp³-hybridized carbons (Fsp3) is 0.381. The molecule has 1 saturated heterocycles. The summed E-state index contributed by atoms with van der Waals surface area (Å²) in [6, 6.07) is 11.0. The highest BCUT2D eigenvalue weighted by molar-refractivity contribution is 5.98. The molecule has 1 aliphatic heterocycles. The number of ether oxygens (including phenoxy) is 1. The summed E-state index contributed by atoms with van der Waals surface area (Å²) in [5, 5.41) is 11.4. The molecule has 0 aromatic heterocycles. The molecule has 27 heavy (non-hydrogen) atoms. The topological polar surface area (TPSA) is 72.7 Å². The van der Waals surface area contributed by atoms with Crippen LogP contribution in [0.5, 0.6) is 5.75 Å². The Labute approximate surface area is 158 Å². The van der Waals surface area contributed by atoms with E-state index in [2.05, 4.69) is 6.07 Å². The molecule has 0 radical (unpaired) electrons. The van der Waals surface area contributed by atoms with Crippen molar-refractivity contribution >= 4 is 11.6 Å². The Kier molecular flexibility index (Phi) is 5.44. The average Bonchev–Trinajstić information content (AvgIpc) is 2.64. The van der Waals surface area contributed by atoms with Gasteiger partial charge in [0.2, 0.25) is 0 Å². The standard InChI is InChI=1S/C21H24N2O4/c1-14-7-8-15(2)19(13-14)27-17-9-11-22(12-10-17)21(24)18-6-4-5-16(3)20(18)23(25)26/h4-8,13,17H,9-12H2,1-3H3. The van der Waals surface area contributed by atoms with E-state index in [0.29, 0.717) is 31.5 Å². The molecule has 6 nitrogen and oxygen atoms in total. The van der Waals surface area contributed by atoms with Crippen LogP contribution in [-0.2, 0) is 0 Å². The molecule has 1 fully saturated rings. The van der Waals surface area contributed by atoms with Gasteiger partial charge >= 0.3 is 0 Å². The molecule has 142 valence electrons. The molecule has 1 amide bonds. The maximum atomic E-state index is 12.8. The molecule has 0 atom stereocenters. The average molecular weight is 368 g/mol. The summed E-state index contributed by atoms with van der Waals surface area (Å²) >= 11 is 0. The predicted octanol–water partition coefficient (Wildman–Crippen LogP) is 4.20. The molecule has 6 heteroatoms. The Morgan fingerprint density at radius 2 is 1.81 bits per heavy atom. The van der Waals surface area contributed by atoms with Gasteiger partial charge in [-0.05, 0) is 44.0 Å².